The number of nitrogen functional groups attached to an aromatic ring is 1. The Hall–Kier alpha value is -4.48. The molecule has 0 fully saturated rings. The van der Waals surface area contributed by atoms with Gasteiger partial charge in [-0.05, 0) is 37.3 Å². The fourth-order valence-corrected chi connectivity index (χ4v) is 4.40. The van der Waals surface area contributed by atoms with E-state index in [1.165, 1.54) is 22.9 Å². The third-order valence-electron chi connectivity index (χ3n) is 6.16. The van der Waals surface area contributed by atoms with Crippen LogP contribution in [0.5, 0.6) is 0 Å². The van der Waals surface area contributed by atoms with Gasteiger partial charge in [-0.1, -0.05) is 41.9 Å². The fourth-order valence-electron chi connectivity index (χ4n) is 4.17. The van der Waals surface area contributed by atoms with Gasteiger partial charge >= 0.3 is 0 Å². The molecule has 0 unspecified atom stereocenters. The summed E-state index contributed by atoms with van der Waals surface area (Å²) in [7, 11) is 0. The van der Waals surface area contributed by atoms with Gasteiger partial charge in [0.15, 0.2) is 11.5 Å². The number of primary amides is 1. The van der Waals surface area contributed by atoms with E-state index in [1.54, 1.807) is 49.4 Å². The number of hydrogen-bond acceptors (Lipinski definition) is 6. The van der Waals surface area contributed by atoms with E-state index in [9.17, 15) is 19.5 Å². The Bertz CT molecular complexity index is 1570. The molecular weight excluding hydrogens is 527 g/mol. The first kappa shape index (κ1) is 27.6. The van der Waals surface area contributed by atoms with Crippen molar-refractivity contribution in [2.45, 2.75) is 19.5 Å². The lowest BCUT2D eigenvalue weighted by atomic mass is 10.0. The first-order valence-electron chi connectivity index (χ1n) is 11.9. The summed E-state index contributed by atoms with van der Waals surface area (Å²) in [5.74, 6) is -2.74. The molecule has 1 aromatic heterocycles. The summed E-state index contributed by atoms with van der Waals surface area (Å²) >= 11 is 6.21. The van der Waals surface area contributed by atoms with Crippen molar-refractivity contribution in [3.8, 4) is 11.1 Å². The number of benzene rings is 3. The molecule has 4 rings (SSSR count). The van der Waals surface area contributed by atoms with Crippen molar-refractivity contribution in [3.63, 3.8) is 0 Å². The van der Waals surface area contributed by atoms with Crippen LogP contribution < -0.4 is 16.8 Å². The Labute approximate surface area is 227 Å². The zero-order chi connectivity index (χ0) is 28.3. The lowest BCUT2D eigenvalue weighted by Crippen LogP contribution is -2.46. The number of anilines is 2. The SMILES string of the molecule is C[C@H](CO)N(CC(=O)Nc1cccc(-c2ccccc2Cl)c1F)C(=O)Cn1nc(C(N)=O)c2cc(N)ccc21. The quantitative estimate of drug-likeness (QED) is 0.234. The first-order chi connectivity index (χ1) is 18.6. The number of aliphatic hydroxyl groups excluding tert-OH is 1. The van der Waals surface area contributed by atoms with Gasteiger partial charge in [-0.25, -0.2) is 4.39 Å². The summed E-state index contributed by atoms with van der Waals surface area (Å²) in [4.78, 5) is 39.2. The predicted molar refractivity (Wildman–Crippen MR) is 146 cm³/mol. The third-order valence-corrected chi connectivity index (χ3v) is 6.49. The van der Waals surface area contributed by atoms with Gasteiger partial charge < -0.3 is 26.8 Å². The molecule has 10 nitrogen and oxygen atoms in total. The van der Waals surface area contributed by atoms with Crippen LogP contribution in [0, 0.1) is 5.82 Å². The molecule has 4 aromatic rings. The van der Waals surface area contributed by atoms with Gasteiger partial charge in [0, 0.05) is 27.2 Å². The number of nitrogens with two attached hydrogens (primary N) is 2. The number of aromatic nitrogens is 2. The lowest BCUT2D eigenvalue weighted by molar-refractivity contribution is -0.138. The number of carbonyl (C=O) groups excluding carboxylic acids is 3. The molecule has 3 aromatic carbocycles. The van der Waals surface area contributed by atoms with Crippen molar-refractivity contribution in [3.05, 3.63) is 77.2 Å². The second-order valence-electron chi connectivity index (χ2n) is 8.90. The maximum absolute atomic E-state index is 15.3. The number of nitrogens with zero attached hydrogens (tertiary/aromatic N) is 3. The average molecular weight is 553 g/mol. The number of nitrogens with one attached hydrogen (secondary N) is 1. The van der Waals surface area contributed by atoms with E-state index < -0.39 is 42.7 Å². The minimum atomic E-state index is -0.794. The van der Waals surface area contributed by atoms with E-state index in [2.05, 4.69) is 10.4 Å². The molecule has 0 saturated heterocycles. The van der Waals surface area contributed by atoms with Gasteiger partial charge in [-0.15, -0.1) is 0 Å². The van der Waals surface area contributed by atoms with E-state index in [-0.39, 0.29) is 23.5 Å². The Morgan fingerprint density at radius 3 is 2.54 bits per heavy atom. The normalized spacial score (nSPS) is 11.8. The van der Waals surface area contributed by atoms with Gasteiger partial charge in [0.2, 0.25) is 11.8 Å². The van der Waals surface area contributed by atoms with E-state index in [0.29, 0.717) is 27.2 Å². The van der Waals surface area contributed by atoms with Crippen LogP contribution in [0.3, 0.4) is 0 Å². The predicted octanol–water partition coefficient (Wildman–Crippen LogP) is 3.03. The van der Waals surface area contributed by atoms with Gasteiger partial charge in [0.05, 0.1) is 23.9 Å². The summed E-state index contributed by atoms with van der Waals surface area (Å²) in [5, 5.41) is 17.1. The van der Waals surface area contributed by atoms with Crippen molar-refractivity contribution in [1.29, 1.82) is 0 Å². The highest BCUT2D eigenvalue weighted by Gasteiger charge is 2.25. The molecule has 0 aliphatic carbocycles. The lowest BCUT2D eigenvalue weighted by Gasteiger charge is -2.27. The largest absolute Gasteiger partial charge is 0.399 e. The van der Waals surface area contributed by atoms with Crippen LogP contribution in [0.25, 0.3) is 22.0 Å². The van der Waals surface area contributed by atoms with Crippen LogP contribution in [0.4, 0.5) is 15.8 Å². The van der Waals surface area contributed by atoms with Crippen LogP contribution in [-0.2, 0) is 16.1 Å². The minimum Gasteiger partial charge on any atom is -0.399 e. The number of rotatable bonds is 9. The zero-order valence-electron chi connectivity index (χ0n) is 20.9. The molecule has 1 atom stereocenters. The number of halogens is 2. The molecular formula is C27H26ClFN6O4. The third kappa shape index (κ3) is 5.84. The molecule has 202 valence electrons. The Kier molecular flexibility index (Phi) is 8.12. The van der Waals surface area contributed by atoms with E-state index in [1.807, 2.05) is 0 Å². The topological polar surface area (TPSA) is 157 Å². The molecule has 0 aliphatic heterocycles. The number of fused-ring (bicyclic) bond motifs is 1. The molecule has 0 bridgehead atoms. The molecule has 6 N–H and O–H groups in total. The molecule has 39 heavy (non-hydrogen) atoms. The standard InChI is InChI=1S/C27H26ClFN6O4/c1-15(14-36)34(24(38)13-35-22-10-9-16(30)11-19(22)26(33-35)27(31)39)12-23(37)32-21-8-4-6-18(25(21)29)17-5-2-3-7-20(17)28/h2-11,15,36H,12-14,30H2,1H3,(H2,31,39)(H,32,37)/t15-/m1/s1. The van der Waals surface area contributed by atoms with Crippen LogP contribution in [0.1, 0.15) is 17.4 Å². The van der Waals surface area contributed by atoms with Gasteiger partial charge in [0.25, 0.3) is 5.91 Å². The first-order valence-corrected chi connectivity index (χ1v) is 12.3. The molecule has 1 heterocycles. The Morgan fingerprint density at radius 1 is 1.13 bits per heavy atom. The summed E-state index contributed by atoms with van der Waals surface area (Å²) < 4.78 is 16.6. The fraction of sp³-hybridized carbons (Fsp3) is 0.185. The summed E-state index contributed by atoms with van der Waals surface area (Å²) in [6.07, 6.45) is 0. The van der Waals surface area contributed by atoms with Crippen molar-refractivity contribution in [2.75, 3.05) is 24.2 Å². The Balaban J connectivity index is 1.56. The Morgan fingerprint density at radius 2 is 1.85 bits per heavy atom. The second-order valence-corrected chi connectivity index (χ2v) is 9.30. The van der Waals surface area contributed by atoms with Gasteiger partial charge in [-0.2, -0.15) is 5.10 Å². The molecule has 0 saturated carbocycles. The maximum atomic E-state index is 15.3. The van der Waals surface area contributed by atoms with Crippen LogP contribution >= 0.6 is 11.6 Å². The van der Waals surface area contributed by atoms with Crippen LogP contribution in [0.2, 0.25) is 5.02 Å². The monoisotopic (exact) mass is 552 g/mol. The molecule has 0 aliphatic rings. The molecule has 3 amide bonds. The number of aliphatic hydroxyl groups is 1. The smallest absolute Gasteiger partial charge is 0.269 e. The highest BCUT2D eigenvalue weighted by Crippen LogP contribution is 2.32. The second kappa shape index (κ2) is 11.5. The van der Waals surface area contributed by atoms with Crippen LogP contribution in [-0.4, -0.2) is 56.7 Å². The molecule has 0 radical (unpaired) electrons. The average Bonchev–Trinajstić information content (AvgIpc) is 3.26. The molecule has 0 spiro atoms. The van der Waals surface area contributed by atoms with E-state index in [4.69, 9.17) is 23.1 Å². The van der Waals surface area contributed by atoms with Crippen LogP contribution in [0.15, 0.2) is 60.7 Å². The maximum Gasteiger partial charge on any atom is 0.269 e. The van der Waals surface area contributed by atoms with Crippen molar-refractivity contribution < 1.29 is 23.9 Å². The van der Waals surface area contributed by atoms with Crippen molar-refractivity contribution in [2.24, 2.45) is 5.73 Å². The van der Waals surface area contributed by atoms with Gasteiger partial charge in [0.1, 0.15) is 13.1 Å². The summed E-state index contributed by atoms with van der Waals surface area (Å²) in [5.41, 5.74) is 12.6. The molecule has 12 heteroatoms. The highest BCUT2D eigenvalue weighted by atomic mass is 35.5. The summed E-state index contributed by atoms with van der Waals surface area (Å²) in [6, 6.07) is 15.2. The van der Waals surface area contributed by atoms with Gasteiger partial charge in [-0.3, -0.25) is 19.1 Å². The summed E-state index contributed by atoms with van der Waals surface area (Å²) in [6.45, 7) is 0.283. The number of carbonyl (C=O) groups is 3. The minimum absolute atomic E-state index is 0.0570. The van der Waals surface area contributed by atoms with Crippen molar-refractivity contribution >= 4 is 51.6 Å². The number of hydrogen-bond donors (Lipinski definition) is 4. The van der Waals surface area contributed by atoms with E-state index >= 15 is 4.39 Å². The zero-order valence-corrected chi connectivity index (χ0v) is 21.7. The van der Waals surface area contributed by atoms with Crippen molar-refractivity contribution in [1.82, 2.24) is 14.7 Å². The highest BCUT2D eigenvalue weighted by molar-refractivity contribution is 6.33. The van der Waals surface area contributed by atoms with E-state index in [0.717, 1.165) is 4.90 Å². The number of amides is 3.